The Labute approximate surface area is 135 Å². The first-order chi connectivity index (χ1) is 9.98. The number of esters is 1. The zero-order valence-electron chi connectivity index (χ0n) is 14.8. The van der Waals surface area contributed by atoms with Gasteiger partial charge in [-0.1, -0.05) is 19.1 Å². The lowest BCUT2D eigenvalue weighted by molar-refractivity contribution is 0.00693. The van der Waals surface area contributed by atoms with Crippen molar-refractivity contribution in [2.75, 3.05) is 0 Å². The first kappa shape index (κ1) is 18.7. The maximum absolute atomic E-state index is 12.1. The van der Waals surface area contributed by atoms with Crippen LogP contribution in [0.2, 0.25) is 0 Å². The van der Waals surface area contributed by atoms with E-state index in [1.807, 2.05) is 59.7 Å². The molecule has 0 N–H and O–H groups in total. The molecule has 3 heteroatoms. The zero-order valence-corrected chi connectivity index (χ0v) is 14.8. The molecule has 0 fully saturated rings. The fraction of sp³-hybridized carbons (Fsp3) is 0.579. The Morgan fingerprint density at radius 3 is 2.32 bits per heavy atom. The second-order valence-electron chi connectivity index (χ2n) is 7.59. The van der Waals surface area contributed by atoms with Crippen LogP contribution in [-0.4, -0.2) is 17.2 Å². The predicted molar refractivity (Wildman–Crippen MR) is 88.7 cm³/mol. The van der Waals surface area contributed by atoms with E-state index in [-0.39, 0.29) is 17.5 Å². The third kappa shape index (κ3) is 7.08. The summed E-state index contributed by atoms with van der Waals surface area (Å²) in [4.78, 5) is 12.1. The van der Waals surface area contributed by atoms with Crippen LogP contribution >= 0.6 is 0 Å². The van der Waals surface area contributed by atoms with Gasteiger partial charge in [0.05, 0.1) is 11.2 Å². The van der Waals surface area contributed by atoms with Crippen molar-refractivity contribution >= 4 is 5.97 Å². The molecule has 0 aliphatic carbocycles. The van der Waals surface area contributed by atoms with Crippen molar-refractivity contribution in [3.8, 4) is 0 Å². The van der Waals surface area contributed by atoms with E-state index in [9.17, 15) is 4.79 Å². The van der Waals surface area contributed by atoms with Crippen LogP contribution < -0.4 is 0 Å². The van der Waals surface area contributed by atoms with Gasteiger partial charge in [-0.2, -0.15) is 0 Å². The van der Waals surface area contributed by atoms with Gasteiger partial charge < -0.3 is 9.47 Å². The molecule has 0 aliphatic rings. The third-order valence-corrected chi connectivity index (χ3v) is 2.86. The second-order valence-corrected chi connectivity index (χ2v) is 7.59. The summed E-state index contributed by atoms with van der Waals surface area (Å²) in [6, 6.07) is 7.56. The van der Waals surface area contributed by atoms with E-state index in [4.69, 9.17) is 9.47 Å². The number of carbonyl (C=O) groups is 1. The van der Waals surface area contributed by atoms with Crippen molar-refractivity contribution in [2.45, 2.75) is 72.0 Å². The Kier molecular flexibility index (Phi) is 6.18. The van der Waals surface area contributed by atoms with Gasteiger partial charge in [-0.25, -0.2) is 4.79 Å². The van der Waals surface area contributed by atoms with Crippen molar-refractivity contribution in [2.24, 2.45) is 0 Å². The van der Waals surface area contributed by atoms with E-state index in [1.165, 1.54) is 0 Å². The van der Waals surface area contributed by atoms with Crippen LogP contribution in [-0.2, 0) is 9.47 Å². The lowest BCUT2D eigenvalue weighted by atomic mass is 9.96. The Balaban J connectivity index is 2.69. The molecule has 1 aromatic rings. The monoisotopic (exact) mass is 304 g/mol. The quantitative estimate of drug-likeness (QED) is 0.719. The molecule has 0 amide bonds. The number of benzene rings is 1. The van der Waals surface area contributed by atoms with Crippen molar-refractivity contribution in [1.29, 1.82) is 0 Å². The minimum absolute atomic E-state index is 0.224. The average Bonchev–Trinajstić information content (AvgIpc) is 2.35. The number of carbonyl (C=O) groups excluding carboxylic acids is 1. The molecular weight excluding hydrogens is 276 g/mol. The van der Waals surface area contributed by atoms with Crippen LogP contribution in [0, 0.1) is 6.61 Å². The molecule has 3 nitrogen and oxygen atoms in total. The van der Waals surface area contributed by atoms with Gasteiger partial charge in [0.1, 0.15) is 12.2 Å². The first-order valence-corrected chi connectivity index (χ1v) is 7.72. The Morgan fingerprint density at radius 1 is 1.14 bits per heavy atom. The normalized spacial score (nSPS) is 13.8. The molecule has 0 bridgehead atoms. The number of hydrogen-bond donors (Lipinski definition) is 0. The summed E-state index contributed by atoms with van der Waals surface area (Å²) < 4.78 is 10.9. The molecular formula is C19H28O3. The van der Waals surface area contributed by atoms with Gasteiger partial charge in [0.25, 0.3) is 0 Å². The molecule has 1 aromatic carbocycles. The largest absolute Gasteiger partial charge is 0.456 e. The standard InChI is InChI=1S/C19H28O3/c1-14(11-12-21-18(2,3)4)15-9-8-10-16(13-15)17(20)22-19(5,6)7/h8-10,13-14H,11H2,1-7H3. The molecule has 0 saturated heterocycles. The highest BCUT2D eigenvalue weighted by atomic mass is 16.6. The van der Waals surface area contributed by atoms with E-state index in [2.05, 4.69) is 13.5 Å². The number of rotatable bonds is 5. The lowest BCUT2D eigenvalue weighted by Crippen LogP contribution is -2.24. The molecule has 1 atom stereocenters. The smallest absolute Gasteiger partial charge is 0.338 e. The topological polar surface area (TPSA) is 35.5 Å². The highest BCUT2D eigenvalue weighted by Crippen LogP contribution is 2.24. The maximum atomic E-state index is 12.1. The van der Waals surface area contributed by atoms with Gasteiger partial charge in [-0.15, -0.1) is 0 Å². The van der Waals surface area contributed by atoms with Crippen molar-refractivity contribution in [1.82, 2.24) is 0 Å². The van der Waals surface area contributed by atoms with Gasteiger partial charge >= 0.3 is 5.97 Å². The van der Waals surface area contributed by atoms with Crippen LogP contribution in [0.1, 0.15) is 76.7 Å². The highest BCUT2D eigenvalue weighted by molar-refractivity contribution is 5.89. The van der Waals surface area contributed by atoms with Crippen LogP contribution in [0.25, 0.3) is 0 Å². The van der Waals surface area contributed by atoms with Crippen molar-refractivity contribution in [3.05, 3.63) is 42.0 Å². The van der Waals surface area contributed by atoms with Crippen molar-refractivity contribution < 1.29 is 14.3 Å². The Bertz CT molecular complexity index is 492. The average molecular weight is 304 g/mol. The van der Waals surface area contributed by atoms with Gasteiger partial charge in [-0.3, -0.25) is 0 Å². The van der Waals surface area contributed by atoms with Gasteiger partial charge in [0.2, 0.25) is 0 Å². The summed E-state index contributed by atoms with van der Waals surface area (Å²) in [5, 5.41) is 0. The minimum atomic E-state index is -0.485. The van der Waals surface area contributed by atoms with Gasteiger partial charge in [0, 0.05) is 0 Å². The second kappa shape index (κ2) is 7.28. The summed E-state index contributed by atoms with van der Waals surface area (Å²) in [5.74, 6) is -0.0646. The zero-order chi connectivity index (χ0) is 17.0. The summed E-state index contributed by atoms with van der Waals surface area (Å²) in [5.41, 5.74) is 0.947. The lowest BCUT2D eigenvalue weighted by Gasteiger charge is -2.21. The van der Waals surface area contributed by atoms with E-state index in [1.54, 1.807) is 6.07 Å². The molecule has 0 heterocycles. The summed E-state index contributed by atoms with van der Waals surface area (Å²) in [7, 11) is 0. The first-order valence-electron chi connectivity index (χ1n) is 7.72. The number of ether oxygens (including phenoxy) is 2. The Morgan fingerprint density at radius 2 is 1.77 bits per heavy atom. The molecule has 1 unspecified atom stereocenters. The molecule has 0 aromatic heterocycles. The molecule has 0 spiro atoms. The van der Waals surface area contributed by atoms with Crippen LogP contribution in [0.15, 0.2) is 24.3 Å². The molecule has 1 rings (SSSR count). The summed E-state index contributed by atoms with van der Waals surface area (Å²) >= 11 is 0. The van der Waals surface area contributed by atoms with Gasteiger partial charge in [0.15, 0.2) is 0 Å². The van der Waals surface area contributed by atoms with E-state index in [0.29, 0.717) is 12.0 Å². The molecule has 0 aliphatic heterocycles. The maximum Gasteiger partial charge on any atom is 0.338 e. The van der Waals surface area contributed by atoms with E-state index in [0.717, 1.165) is 5.56 Å². The fourth-order valence-corrected chi connectivity index (χ4v) is 1.81. The highest BCUT2D eigenvalue weighted by Gasteiger charge is 2.19. The SMILES string of the molecule is CC(C[C]OC(C)(C)C)c1cccc(C(=O)OC(C)(C)C)c1. The summed E-state index contributed by atoms with van der Waals surface area (Å²) in [6.45, 7) is 16.7. The molecule has 122 valence electrons. The fourth-order valence-electron chi connectivity index (χ4n) is 1.81. The van der Waals surface area contributed by atoms with Crippen LogP contribution in [0.3, 0.4) is 0 Å². The van der Waals surface area contributed by atoms with Crippen molar-refractivity contribution in [3.63, 3.8) is 0 Å². The minimum Gasteiger partial charge on any atom is -0.456 e. The molecule has 22 heavy (non-hydrogen) atoms. The van der Waals surface area contributed by atoms with E-state index >= 15 is 0 Å². The van der Waals surface area contributed by atoms with Crippen LogP contribution in [0.4, 0.5) is 0 Å². The number of hydrogen-bond acceptors (Lipinski definition) is 3. The predicted octanol–water partition coefficient (Wildman–Crippen LogP) is 4.99. The molecule has 0 saturated carbocycles. The van der Waals surface area contributed by atoms with Gasteiger partial charge in [-0.05, 0) is 71.6 Å². The Hall–Kier alpha value is -1.35. The van der Waals surface area contributed by atoms with Crippen LogP contribution in [0.5, 0.6) is 0 Å². The third-order valence-electron chi connectivity index (χ3n) is 2.86. The van der Waals surface area contributed by atoms with E-state index < -0.39 is 5.60 Å². The molecule has 2 radical (unpaired) electrons. The summed E-state index contributed by atoms with van der Waals surface area (Å²) in [6.07, 6.45) is 0.676.